The van der Waals surface area contributed by atoms with Gasteiger partial charge in [0.1, 0.15) is 17.2 Å². The number of nitrogens with zero attached hydrogens (tertiary/aromatic N) is 2. The molecule has 7 heteroatoms. The van der Waals surface area contributed by atoms with E-state index in [0.29, 0.717) is 12.2 Å². The van der Waals surface area contributed by atoms with Crippen molar-refractivity contribution in [3.63, 3.8) is 0 Å². The summed E-state index contributed by atoms with van der Waals surface area (Å²) < 4.78 is 0. The molecule has 0 radical (unpaired) electrons. The monoisotopic (exact) mass is 294 g/mol. The van der Waals surface area contributed by atoms with E-state index in [1.807, 2.05) is 0 Å². The van der Waals surface area contributed by atoms with Gasteiger partial charge < -0.3 is 16.0 Å². The number of rotatable bonds is 2. The van der Waals surface area contributed by atoms with Crippen LogP contribution in [0.25, 0.3) is 0 Å². The minimum atomic E-state index is -0.146. The fraction of sp³-hybridized carbons (Fsp3) is 0.615. The molecule has 2 unspecified atom stereocenters. The van der Waals surface area contributed by atoms with E-state index in [0.717, 1.165) is 30.7 Å². The van der Waals surface area contributed by atoms with Crippen LogP contribution in [-0.2, 0) is 11.3 Å². The first-order valence-electron chi connectivity index (χ1n) is 6.94. The summed E-state index contributed by atoms with van der Waals surface area (Å²) in [6.45, 7) is 0.472. The largest absolute Gasteiger partial charge is 0.350 e. The first-order valence-corrected chi connectivity index (χ1v) is 7.82. The molecule has 2 atom stereocenters. The Hall–Kier alpha value is -1.47. The van der Waals surface area contributed by atoms with Crippen LogP contribution in [0.5, 0.6) is 0 Å². The van der Waals surface area contributed by atoms with Crippen LogP contribution in [0.3, 0.4) is 0 Å². The molecule has 3 N–H and O–H groups in total. The van der Waals surface area contributed by atoms with Crippen molar-refractivity contribution in [3.8, 4) is 0 Å². The molecule has 1 saturated carbocycles. The predicted molar refractivity (Wildman–Crippen MR) is 75.2 cm³/mol. The maximum Gasteiger partial charge on any atom is 0.274 e. The Bertz CT molecular complexity index is 530. The number of aromatic nitrogens is 1. The van der Waals surface area contributed by atoms with Crippen LogP contribution in [-0.4, -0.2) is 40.3 Å². The van der Waals surface area contributed by atoms with Gasteiger partial charge in [0.2, 0.25) is 5.91 Å². The number of amides is 2. The van der Waals surface area contributed by atoms with Gasteiger partial charge in [0, 0.05) is 18.0 Å². The van der Waals surface area contributed by atoms with E-state index in [2.05, 4.69) is 10.3 Å². The third-order valence-electron chi connectivity index (χ3n) is 4.00. The SMILES string of the molecule is NCc1nc(C(=O)N2CC(=O)NC3CCCCC32)cs1. The zero-order valence-corrected chi connectivity index (χ0v) is 12.0. The maximum absolute atomic E-state index is 12.6. The molecule has 2 amide bonds. The molecular formula is C13H18N4O2S. The molecule has 3 rings (SSSR count). The van der Waals surface area contributed by atoms with Gasteiger partial charge in [-0.2, -0.15) is 0 Å². The van der Waals surface area contributed by atoms with Crippen molar-refractivity contribution in [1.29, 1.82) is 0 Å². The van der Waals surface area contributed by atoms with Gasteiger partial charge in [0.25, 0.3) is 5.91 Å². The molecule has 2 aliphatic rings. The molecule has 0 aromatic carbocycles. The first kappa shape index (κ1) is 13.5. The second kappa shape index (κ2) is 5.49. The average molecular weight is 294 g/mol. The molecule has 1 aromatic rings. The number of piperazine rings is 1. The molecule has 1 aliphatic heterocycles. The molecule has 0 bridgehead atoms. The number of hydrogen-bond donors (Lipinski definition) is 2. The molecule has 0 spiro atoms. The number of carbonyl (C=O) groups is 2. The van der Waals surface area contributed by atoms with Crippen LogP contribution in [0.15, 0.2) is 5.38 Å². The van der Waals surface area contributed by atoms with Gasteiger partial charge in [0.15, 0.2) is 0 Å². The fourth-order valence-electron chi connectivity index (χ4n) is 3.05. The number of nitrogens with one attached hydrogen (secondary N) is 1. The van der Waals surface area contributed by atoms with Gasteiger partial charge in [-0.15, -0.1) is 11.3 Å². The summed E-state index contributed by atoms with van der Waals surface area (Å²) in [6.07, 6.45) is 4.11. The lowest BCUT2D eigenvalue weighted by Crippen LogP contribution is -2.62. The van der Waals surface area contributed by atoms with Crippen LogP contribution < -0.4 is 11.1 Å². The summed E-state index contributed by atoms with van der Waals surface area (Å²) >= 11 is 1.39. The van der Waals surface area contributed by atoms with E-state index in [1.165, 1.54) is 11.3 Å². The Balaban J connectivity index is 1.82. The summed E-state index contributed by atoms with van der Waals surface area (Å²) in [5.41, 5.74) is 5.94. The Morgan fingerprint density at radius 3 is 3.05 bits per heavy atom. The highest BCUT2D eigenvalue weighted by Crippen LogP contribution is 2.27. The standard InChI is InChI=1S/C13H18N4O2S/c14-5-12-16-9(7-20-12)13(19)17-6-11(18)15-8-3-1-2-4-10(8)17/h7-8,10H,1-6,14H2,(H,15,18). The maximum atomic E-state index is 12.6. The minimum absolute atomic E-state index is 0.0734. The van der Waals surface area contributed by atoms with E-state index >= 15 is 0 Å². The van der Waals surface area contributed by atoms with Crippen LogP contribution in [0.1, 0.15) is 41.2 Å². The van der Waals surface area contributed by atoms with Gasteiger partial charge >= 0.3 is 0 Å². The van der Waals surface area contributed by atoms with Crippen LogP contribution in [0, 0.1) is 0 Å². The van der Waals surface area contributed by atoms with Crippen LogP contribution in [0.4, 0.5) is 0 Å². The summed E-state index contributed by atoms with van der Waals surface area (Å²) in [4.78, 5) is 30.3. The van der Waals surface area contributed by atoms with E-state index in [1.54, 1.807) is 10.3 Å². The summed E-state index contributed by atoms with van der Waals surface area (Å²) in [7, 11) is 0. The Labute approximate surface area is 121 Å². The normalized spacial score (nSPS) is 26.1. The van der Waals surface area contributed by atoms with E-state index in [9.17, 15) is 9.59 Å². The number of fused-ring (bicyclic) bond motifs is 1. The summed E-state index contributed by atoms with van der Waals surface area (Å²) in [5.74, 6) is -0.219. The van der Waals surface area contributed by atoms with E-state index in [4.69, 9.17) is 5.73 Å². The topological polar surface area (TPSA) is 88.3 Å². The lowest BCUT2D eigenvalue weighted by atomic mass is 9.87. The van der Waals surface area contributed by atoms with E-state index < -0.39 is 0 Å². The lowest BCUT2D eigenvalue weighted by molar-refractivity contribution is -0.127. The molecule has 108 valence electrons. The van der Waals surface area contributed by atoms with Crippen molar-refractivity contribution in [3.05, 3.63) is 16.1 Å². The van der Waals surface area contributed by atoms with Gasteiger partial charge in [-0.05, 0) is 12.8 Å². The quantitative estimate of drug-likeness (QED) is 0.830. The molecule has 2 heterocycles. The van der Waals surface area contributed by atoms with E-state index in [-0.39, 0.29) is 30.4 Å². The van der Waals surface area contributed by atoms with Crippen molar-refractivity contribution in [2.24, 2.45) is 5.73 Å². The van der Waals surface area contributed by atoms with Crippen molar-refractivity contribution >= 4 is 23.2 Å². The summed E-state index contributed by atoms with van der Waals surface area (Å²) in [6, 6.07) is 0.207. The molecule has 1 saturated heterocycles. The third kappa shape index (κ3) is 2.43. The smallest absolute Gasteiger partial charge is 0.274 e. The van der Waals surface area contributed by atoms with Crippen molar-refractivity contribution in [2.75, 3.05) is 6.54 Å². The molecule has 2 fully saturated rings. The second-order valence-corrected chi connectivity index (χ2v) is 6.23. The Kier molecular flexibility index (Phi) is 3.71. The van der Waals surface area contributed by atoms with Crippen LogP contribution >= 0.6 is 11.3 Å². The first-order chi connectivity index (χ1) is 9.69. The highest BCUT2D eigenvalue weighted by atomic mass is 32.1. The van der Waals surface area contributed by atoms with Crippen molar-refractivity contribution in [1.82, 2.24) is 15.2 Å². The molecule has 1 aromatic heterocycles. The zero-order chi connectivity index (χ0) is 14.1. The van der Waals surface area contributed by atoms with Gasteiger partial charge in [0.05, 0.1) is 6.04 Å². The number of hydrogen-bond acceptors (Lipinski definition) is 5. The minimum Gasteiger partial charge on any atom is -0.350 e. The van der Waals surface area contributed by atoms with Crippen molar-refractivity contribution in [2.45, 2.75) is 44.3 Å². The molecule has 6 nitrogen and oxygen atoms in total. The van der Waals surface area contributed by atoms with Gasteiger partial charge in [-0.25, -0.2) is 4.98 Å². The Morgan fingerprint density at radius 2 is 2.30 bits per heavy atom. The number of carbonyl (C=O) groups excluding carboxylic acids is 2. The zero-order valence-electron chi connectivity index (χ0n) is 11.2. The second-order valence-electron chi connectivity index (χ2n) is 5.29. The number of thiazole rings is 1. The fourth-order valence-corrected chi connectivity index (χ4v) is 3.70. The predicted octanol–water partition coefficient (Wildman–Crippen LogP) is 0.485. The summed E-state index contributed by atoms with van der Waals surface area (Å²) in [5, 5.41) is 5.48. The average Bonchev–Trinajstić information content (AvgIpc) is 2.94. The highest BCUT2D eigenvalue weighted by Gasteiger charge is 2.39. The van der Waals surface area contributed by atoms with Crippen molar-refractivity contribution < 1.29 is 9.59 Å². The Morgan fingerprint density at radius 1 is 1.50 bits per heavy atom. The molecular weight excluding hydrogens is 276 g/mol. The van der Waals surface area contributed by atoms with Gasteiger partial charge in [-0.3, -0.25) is 9.59 Å². The third-order valence-corrected chi connectivity index (χ3v) is 4.87. The van der Waals surface area contributed by atoms with Gasteiger partial charge in [-0.1, -0.05) is 12.8 Å². The van der Waals surface area contributed by atoms with Crippen LogP contribution in [0.2, 0.25) is 0 Å². The lowest BCUT2D eigenvalue weighted by Gasteiger charge is -2.43. The molecule has 20 heavy (non-hydrogen) atoms. The highest BCUT2D eigenvalue weighted by molar-refractivity contribution is 7.09. The number of nitrogens with two attached hydrogens (primary N) is 1. The molecule has 1 aliphatic carbocycles.